The molecule has 2 rings (SSSR count). The molecule has 2 heterocycles. The zero-order chi connectivity index (χ0) is 13.0. The van der Waals surface area contributed by atoms with Crippen molar-refractivity contribution in [2.24, 2.45) is 5.73 Å². The summed E-state index contributed by atoms with van der Waals surface area (Å²) in [5.41, 5.74) is 5.58. The molecule has 2 aliphatic heterocycles. The lowest BCUT2D eigenvalue weighted by atomic mass is 9.97. The average Bonchev–Trinajstić information content (AvgIpc) is 2.40. The summed E-state index contributed by atoms with van der Waals surface area (Å²) < 4.78 is 0. The Labute approximate surface area is 111 Å². The van der Waals surface area contributed by atoms with Gasteiger partial charge in [0.2, 0.25) is 0 Å². The van der Waals surface area contributed by atoms with Crippen molar-refractivity contribution >= 4 is 0 Å². The SMILES string of the molecule is CC(N)(CO)CN1CCC(N2CCCCC2)CC1. The van der Waals surface area contributed by atoms with Crippen LogP contribution in [0.25, 0.3) is 0 Å². The summed E-state index contributed by atoms with van der Waals surface area (Å²) in [5, 5.41) is 9.22. The van der Waals surface area contributed by atoms with Crippen molar-refractivity contribution in [3.05, 3.63) is 0 Å². The van der Waals surface area contributed by atoms with E-state index in [1.807, 2.05) is 6.92 Å². The number of hydrogen-bond acceptors (Lipinski definition) is 4. The van der Waals surface area contributed by atoms with E-state index in [2.05, 4.69) is 9.80 Å². The predicted molar refractivity (Wildman–Crippen MR) is 74.6 cm³/mol. The van der Waals surface area contributed by atoms with Crippen molar-refractivity contribution in [2.45, 2.75) is 50.6 Å². The fourth-order valence-corrected chi connectivity index (χ4v) is 3.29. The lowest BCUT2D eigenvalue weighted by Gasteiger charge is -2.41. The Morgan fingerprint density at radius 2 is 1.72 bits per heavy atom. The minimum atomic E-state index is -0.446. The molecule has 0 aliphatic carbocycles. The van der Waals surface area contributed by atoms with Gasteiger partial charge in [-0.3, -0.25) is 0 Å². The second-order valence-corrected chi connectivity index (χ2v) is 6.42. The molecule has 0 bridgehead atoms. The highest BCUT2D eigenvalue weighted by atomic mass is 16.3. The summed E-state index contributed by atoms with van der Waals surface area (Å²) in [4.78, 5) is 5.10. The van der Waals surface area contributed by atoms with E-state index in [-0.39, 0.29) is 6.61 Å². The number of nitrogens with two attached hydrogens (primary N) is 1. The number of nitrogens with zero attached hydrogens (tertiary/aromatic N) is 2. The quantitative estimate of drug-likeness (QED) is 0.774. The fraction of sp³-hybridized carbons (Fsp3) is 1.00. The molecule has 0 saturated carbocycles. The van der Waals surface area contributed by atoms with Crippen LogP contribution in [0, 0.1) is 0 Å². The van der Waals surface area contributed by atoms with Crippen molar-refractivity contribution in [3.8, 4) is 0 Å². The first-order valence-corrected chi connectivity index (χ1v) is 7.47. The summed E-state index contributed by atoms with van der Waals surface area (Å²) in [6.45, 7) is 7.69. The lowest BCUT2D eigenvalue weighted by Crippen LogP contribution is -2.54. The van der Waals surface area contributed by atoms with Crippen LogP contribution in [0.4, 0.5) is 0 Å². The first-order chi connectivity index (χ1) is 8.61. The molecule has 106 valence electrons. The molecule has 0 aromatic carbocycles. The Kier molecular flexibility index (Phi) is 5.01. The Morgan fingerprint density at radius 1 is 1.11 bits per heavy atom. The molecule has 2 saturated heterocycles. The predicted octanol–water partition coefficient (Wildman–Crippen LogP) is 0.646. The second kappa shape index (κ2) is 6.33. The van der Waals surface area contributed by atoms with Crippen LogP contribution in [0.15, 0.2) is 0 Å². The van der Waals surface area contributed by atoms with Gasteiger partial charge in [0, 0.05) is 18.1 Å². The van der Waals surface area contributed by atoms with Crippen LogP contribution < -0.4 is 5.73 Å². The van der Waals surface area contributed by atoms with Gasteiger partial charge in [0.25, 0.3) is 0 Å². The maximum Gasteiger partial charge on any atom is 0.0621 e. The molecule has 0 radical (unpaired) electrons. The van der Waals surface area contributed by atoms with E-state index in [4.69, 9.17) is 5.73 Å². The van der Waals surface area contributed by atoms with E-state index in [1.54, 1.807) is 0 Å². The third kappa shape index (κ3) is 3.92. The van der Waals surface area contributed by atoms with Gasteiger partial charge in [0.05, 0.1) is 6.61 Å². The summed E-state index contributed by atoms with van der Waals surface area (Å²) in [5.74, 6) is 0. The highest BCUT2D eigenvalue weighted by molar-refractivity contribution is 4.87. The van der Waals surface area contributed by atoms with Crippen LogP contribution in [0.3, 0.4) is 0 Å². The lowest BCUT2D eigenvalue weighted by molar-refractivity contribution is 0.0736. The number of aliphatic hydroxyl groups is 1. The van der Waals surface area contributed by atoms with E-state index < -0.39 is 5.54 Å². The van der Waals surface area contributed by atoms with Gasteiger partial charge in [-0.25, -0.2) is 0 Å². The number of rotatable bonds is 4. The molecule has 2 fully saturated rings. The largest absolute Gasteiger partial charge is 0.394 e. The van der Waals surface area contributed by atoms with Crippen molar-refractivity contribution in [3.63, 3.8) is 0 Å². The molecule has 0 aromatic rings. The van der Waals surface area contributed by atoms with Gasteiger partial charge in [-0.2, -0.15) is 0 Å². The van der Waals surface area contributed by atoms with Crippen molar-refractivity contribution in [2.75, 3.05) is 39.3 Å². The van der Waals surface area contributed by atoms with Crippen molar-refractivity contribution < 1.29 is 5.11 Å². The van der Waals surface area contributed by atoms with E-state index in [1.165, 1.54) is 45.2 Å². The Balaban J connectivity index is 1.74. The van der Waals surface area contributed by atoms with Crippen LogP contribution in [-0.4, -0.2) is 65.8 Å². The highest BCUT2D eigenvalue weighted by Gasteiger charge is 2.28. The molecule has 4 nitrogen and oxygen atoms in total. The molecule has 1 atom stereocenters. The number of piperidine rings is 2. The van der Waals surface area contributed by atoms with Crippen LogP contribution in [0.1, 0.15) is 39.0 Å². The van der Waals surface area contributed by atoms with Gasteiger partial charge in [-0.15, -0.1) is 0 Å². The van der Waals surface area contributed by atoms with Crippen LogP contribution in [0.2, 0.25) is 0 Å². The van der Waals surface area contributed by atoms with Gasteiger partial charge in [0.1, 0.15) is 0 Å². The van der Waals surface area contributed by atoms with Crippen LogP contribution in [-0.2, 0) is 0 Å². The minimum absolute atomic E-state index is 0.0685. The third-order valence-corrected chi connectivity index (χ3v) is 4.41. The topological polar surface area (TPSA) is 52.7 Å². The summed E-state index contributed by atoms with van der Waals surface area (Å²) >= 11 is 0. The van der Waals surface area contributed by atoms with Gasteiger partial charge >= 0.3 is 0 Å². The molecular weight excluding hydrogens is 226 g/mol. The molecule has 18 heavy (non-hydrogen) atoms. The molecule has 2 aliphatic rings. The maximum absolute atomic E-state index is 9.22. The Hall–Kier alpha value is -0.160. The normalized spacial score (nSPS) is 28.2. The summed E-state index contributed by atoms with van der Waals surface area (Å²) in [7, 11) is 0. The zero-order valence-corrected chi connectivity index (χ0v) is 11.8. The van der Waals surface area contributed by atoms with Gasteiger partial charge in [0.15, 0.2) is 0 Å². The zero-order valence-electron chi connectivity index (χ0n) is 11.8. The summed E-state index contributed by atoms with van der Waals surface area (Å²) in [6, 6.07) is 0.791. The first-order valence-electron chi connectivity index (χ1n) is 7.47. The maximum atomic E-state index is 9.22. The Morgan fingerprint density at radius 3 is 2.28 bits per heavy atom. The highest BCUT2D eigenvalue weighted by Crippen LogP contribution is 2.21. The van der Waals surface area contributed by atoms with E-state index in [0.717, 1.165) is 25.7 Å². The number of likely N-dealkylation sites (tertiary alicyclic amines) is 2. The summed E-state index contributed by atoms with van der Waals surface area (Å²) in [6.07, 6.45) is 6.71. The molecule has 0 amide bonds. The molecule has 0 aromatic heterocycles. The minimum Gasteiger partial charge on any atom is -0.394 e. The van der Waals surface area contributed by atoms with E-state index >= 15 is 0 Å². The molecule has 3 N–H and O–H groups in total. The van der Waals surface area contributed by atoms with E-state index in [0.29, 0.717) is 0 Å². The number of aliphatic hydroxyl groups excluding tert-OH is 1. The standard InChI is InChI=1S/C14H29N3O/c1-14(15,12-18)11-16-9-5-13(6-10-16)17-7-3-2-4-8-17/h13,18H,2-12,15H2,1H3. The first kappa shape index (κ1) is 14.3. The van der Waals surface area contributed by atoms with Gasteiger partial charge < -0.3 is 20.6 Å². The molecule has 4 heteroatoms. The Bertz CT molecular complexity index is 243. The molecule has 1 unspecified atom stereocenters. The van der Waals surface area contributed by atoms with Gasteiger partial charge in [-0.05, 0) is 58.8 Å². The fourth-order valence-electron chi connectivity index (χ4n) is 3.29. The van der Waals surface area contributed by atoms with Crippen LogP contribution >= 0.6 is 0 Å². The third-order valence-electron chi connectivity index (χ3n) is 4.41. The second-order valence-electron chi connectivity index (χ2n) is 6.42. The molecule has 0 spiro atoms. The average molecular weight is 255 g/mol. The van der Waals surface area contributed by atoms with E-state index in [9.17, 15) is 5.11 Å². The van der Waals surface area contributed by atoms with Crippen molar-refractivity contribution in [1.82, 2.24) is 9.80 Å². The number of hydrogen-bond donors (Lipinski definition) is 2. The smallest absolute Gasteiger partial charge is 0.0621 e. The van der Waals surface area contributed by atoms with Gasteiger partial charge in [-0.1, -0.05) is 6.42 Å². The van der Waals surface area contributed by atoms with Crippen molar-refractivity contribution in [1.29, 1.82) is 0 Å². The molecular formula is C14H29N3O. The monoisotopic (exact) mass is 255 g/mol. The van der Waals surface area contributed by atoms with Crippen LogP contribution in [0.5, 0.6) is 0 Å².